The average Bonchev–Trinajstić information content (AvgIpc) is 2.54. The van der Waals surface area contributed by atoms with Crippen LogP contribution in [0.15, 0.2) is 48.5 Å². The van der Waals surface area contributed by atoms with Gasteiger partial charge in [-0.1, -0.05) is 62.4 Å². The van der Waals surface area contributed by atoms with Crippen molar-refractivity contribution in [3.05, 3.63) is 70.8 Å². The summed E-state index contributed by atoms with van der Waals surface area (Å²) in [6.07, 6.45) is 3.46. The highest BCUT2D eigenvalue weighted by atomic mass is 35.5. The third kappa shape index (κ3) is 3.16. The lowest BCUT2D eigenvalue weighted by Gasteiger charge is -2.28. The number of alkyl halides is 1. The zero-order valence-electron chi connectivity index (χ0n) is 12.9. The van der Waals surface area contributed by atoms with Gasteiger partial charge in [-0.2, -0.15) is 0 Å². The van der Waals surface area contributed by atoms with E-state index >= 15 is 0 Å². The number of benzene rings is 2. The van der Waals surface area contributed by atoms with E-state index in [0.717, 1.165) is 12.8 Å². The molecule has 2 atom stereocenters. The van der Waals surface area contributed by atoms with Crippen LogP contribution in [0.25, 0.3) is 0 Å². The predicted octanol–water partition coefficient (Wildman–Crippen LogP) is 5.90. The molecular formula is C20H23Cl. The van der Waals surface area contributed by atoms with E-state index in [1.165, 1.54) is 28.7 Å². The quantitative estimate of drug-likeness (QED) is 0.619. The molecule has 2 aromatic carbocycles. The van der Waals surface area contributed by atoms with E-state index in [9.17, 15) is 0 Å². The molecule has 2 aromatic rings. The molecule has 0 heterocycles. The van der Waals surface area contributed by atoms with Crippen molar-refractivity contribution in [2.75, 3.05) is 0 Å². The lowest BCUT2D eigenvalue weighted by Crippen LogP contribution is -2.18. The van der Waals surface area contributed by atoms with Crippen molar-refractivity contribution in [2.45, 2.75) is 44.4 Å². The maximum absolute atomic E-state index is 6.78. The SMILES string of the molecule is CC(C)c1ccc(C(Cl)C2CCc3ccccc3C2)cc1. The Morgan fingerprint density at radius 2 is 1.52 bits per heavy atom. The first-order valence-electron chi connectivity index (χ1n) is 7.96. The Hall–Kier alpha value is -1.27. The number of rotatable bonds is 3. The fraction of sp³-hybridized carbons (Fsp3) is 0.400. The minimum absolute atomic E-state index is 0.125. The molecule has 1 aliphatic carbocycles. The van der Waals surface area contributed by atoms with Crippen LogP contribution in [0.3, 0.4) is 0 Å². The van der Waals surface area contributed by atoms with Gasteiger partial charge in [-0.3, -0.25) is 0 Å². The topological polar surface area (TPSA) is 0 Å². The van der Waals surface area contributed by atoms with E-state index in [1.54, 1.807) is 0 Å². The molecule has 110 valence electrons. The van der Waals surface area contributed by atoms with E-state index in [1.807, 2.05) is 0 Å². The van der Waals surface area contributed by atoms with Crippen LogP contribution >= 0.6 is 11.6 Å². The van der Waals surface area contributed by atoms with Crippen molar-refractivity contribution in [2.24, 2.45) is 5.92 Å². The Morgan fingerprint density at radius 1 is 0.905 bits per heavy atom. The van der Waals surface area contributed by atoms with Gasteiger partial charge >= 0.3 is 0 Å². The highest BCUT2D eigenvalue weighted by molar-refractivity contribution is 6.21. The molecule has 3 rings (SSSR count). The molecule has 0 radical (unpaired) electrons. The van der Waals surface area contributed by atoms with Crippen LogP contribution in [0.4, 0.5) is 0 Å². The molecule has 0 aromatic heterocycles. The Labute approximate surface area is 133 Å². The van der Waals surface area contributed by atoms with E-state index in [4.69, 9.17) is 11.6 Å². The molecule has 21 heavy (non-hydrogen) atoms. The third-order valence-electron chi connectivity index (χ3n) is 4.72. The summed E-state index contributed by atoms with van der Waals surface area (Å²) in [6.45, 7) is 4.45. The van der Waals surface area contributed by atoms with Crippen LogP contribution in [0.2, 0.25) is 0 Å². The molecular weight excluding hydrogens is 276 g/mol. The standard InChI is InChI=1S/C20H23Cl/c1-14(2)15-7-10-17(11-8-15)20(21)19-12-9-16-5-3-4-6-18(16)13-19/h3-8,10-11,14,19-20H,9,12-13H2,1-2H3. The van der Waals surface area contributed by atoms with Crippen LogP contribution in [0.5, 0.6) is 0 Å². The molecule has 0 nitrogen and oxygen atoms in total. The van der Waals surface area contributed by atoms with Crippen molar-refractivity contribution in [1.82, 2.24) is 0 Å². The molecule has 0 spiro atoms. The number of fused-ring (bicyclic) bond motifs is 1. The molecule has 0 fully saturated rings. The maximum atomic E-state index is 6.78. The van der Waals surface area contributed by atoms with Crippen molar-refractivity contribution in [3.8, 4) is 0 Å². The van der Waals surface area contributed by atoms with E-state index in [-0.39, 0.29) is 5.38 Å². The maximum Gasteiger partial charge on any atom is 0.0616 e. The fourth-order valence-corrected chi connectivity index (χ4v) is 3.67. The van der Waals surface area contributed by atoms with Gasteiger partial charge in [0.25, 0.3) is 0 Å². The summed E-state index contributed by atoms with van der Waals surface area (Å²) in [7, 11) is 0. The zero-order chi connectivity index (χ0) is 14.8. The Bertz CT molecular complexity index is 597. The smallest absolute Gasteiger partial charge is 0.0616 e. The lowest BCUT2D eigenvalue weighted by molar-refractivity contribution is 0.443. The van der Waals surface area contributed by atoms with E-state index in [0.29, 0.717) is 11.8 Å². The van der Waals surface area contributed by atoms with Crippen LogP contribution in [-0.4, -0.2) is 0 Å². The first kappa shape index (κ1) is 14.7. The zero-order valence-corrected chi connectivity index (χ0v) is 13.6. The van der Waals surface area contributed by atoms with Gasteiger partial charge in [0.2, 0.25) is 0 Å². The first-order valence-corrected chi connectivity index (χ1v) is 8.39. The predicted molar refractivity (Wildman–Crippen MR) is 91.1 cm³/mol. The van der Waals surface area contributed by atoms with Crippen LogP contribution < -0.4 is 0 Å². The summed E-state index contributed by atoms with van der Waals surface area (Å²) in [5.74, 6) is 1.13. The first-order chi connectivity index (χ1) is 10.1. The molecule has 0 amide bonds. The van der Waals surface area contributed by atoms with Crippen LogP contribution in [-0.2, 0) is 12.8 Å². The Morgan fingerprint density at radius 3 is 2.19 bits per heavy atom. The summed E-state index contributed by atoms with van der Waals surface area (Å²) in [5, 5.41) is 0.125. The molecule has 2 unspecified atom stereocenters. The minimum Gasteiger partial charge on any atom is -0.118 e. The number of hydrogen-bond donors (Lipinski definition) is 0. The van der Waals surface area contributed by atoms with Gasteiger partial charge in [0.1, 0.15) is 0 Å². The van der Waals surface area contributed by atoms with Gasteiger partial charge in [-0.15, -0.1) is 11.6 Å². The lowest BCUT2D eigenvalue weighted by atomic mass is 9.80. The summed E-state index contributed by atoms with van der Waals surface area (Å²) in [5.41, 5.74) is 5.65. The third-order valence-corrected chi connectivity index (χ3v) is 5.33. The number of hydrogen-bond acceptors (Lipinski definition) is 0. The molecule has 0 saturated heterocycles. The second-order valence-electron chi connectivity index (χ2n) is 6.49. The largest absolute Gasteiger partial charge is 0.118 e. The van der Waals surface area contributed by atoms with Gasteiger partial charge in [0.05, 0.1) is 5.38 Å². The van der Waals surface area contributed by atoms with Gasteiger partial charge in [-0.25, -0.2) is 0 Å². The van der Waals surface area contributed by atoms with Crippen molar-refractivity contribution < 1.29 is 0 Å². The number of halogens is 1. The van der Waals surface area contributed by atoms with Gasteiger partial charge in [0, 0.05) is 0 Å². The Balaban J connectivity index is 1.75. The Kier molecular flexibility index (Phi) is 4.35. The van der Waals surface area contributed by atoms with Crippen molar-refractivity contribution >= 4 is 11.6 Å². The van der Waals surface area contributed by atoms with Crippen LogP contribution in [0, 0.1) is 5.92 Å². The summed E-state index contributed by atoms with van der Waals surface area (Å²) < 4.78 is 0. The van der Waals surface area contributed by atoms with E-state index in [2.05, 4.69) is 62.4 Å². The fourth-order valence-electron chi connectivity index (χ4n) is 3.31. The average molecular weight is 299 g/mol. The van der Waals surface area contributed by atoms with Crippen molar-refractivity contribution in [3.63, 3.8) is 0 Å². The van der Waals surface area contributed by atoms with Crippen molar-refractivity contribution in [1.29, 1.82) is 0 Å². The molecule has 0 aliphatic heterocycles. The van der Waals surface area contributed by atoms with Gasteiger partial charge < -0.3 is 0 Å². The molecule has 1 aliphatic rings. The second kappa shape index (κ2) is 6.23. The molecule has 1 heteroatoms. The highest BCUT2D eigenvalue weighted by Gasteiger charge is 2.25. The van der Waals surface area contributed by atoms with Gasteiger partial charge in [-0.05, 0) is 53.4 Å². The van der Waals surface area contributed by atoms with Gasteiger partial charge in [0.15, 0.2) is 0 Å². The summed E-state index contributed by atoms with van der Waals surface area (Å²) in [6, 6.07) is 17.7. The van der Waals surface area contributed by atoms with E-state index < -0.39 is 0 Å². The number of aryl methyl sites for hydroxylation is 1. The second-order valence-corrected chi connectivity index (χ2v) is 6.96. The normalized spacial score (nSPS) is 19.3. The monoisotopic (exact) mass is 298 g/mol. The molecule has 0 bridgehead atoms. The minimum atomic E-state index is 0.125. The highest BCUT2D eigenvalue weighted by Crippen LogP contribution is 2.38. The molecule has 0 N–H and O–H groups in total. The summed E-state index contributed by atoms with van der Waals surface area (Å²) >= 11 is 6.78. The van der Waals surface area contributed by atoms with Crippen LogP contribution in [0.1, 0.15) is 53.8 Å². The molecule has 0 saturated carbocycles. The summed E-state index contributed by atoms with van der Waals surface area (Å²) in [4.78, 5) is 0.